The van der Waals surface area contributed by atoms with Gasteiger partial charge in [-0.25, -0.2) is 4.98 Å². The second kappa shape index (κ2) is 5.47. The summed E-state index contributed by atoms with van der Waals surface area (Å²) in [5, 5.41) is 11.2. The van der Waals surface area contributed by atoms with Gasteiger partial charge in [-0.3, -0.25) is 4.79 Å². The number of nitriles is 1. The number of hydrogen-bond donors (Lipinski definition) is 1. The van der Waals surface area contributed by atoms with E-state index in [0.717, 1.165) is 0 Å². The maximum atomic E-state index is 11.7. The molecule has 78 valence electrons. The Labute approximate surface area is 96.4 Å². The minimum atomic E-state index is -0.224. The maximum Gasteiger partial charge on any atom is 0.254 e. The van der Waals surface area contributed by atoms with Crippen LogP contribution in [0, 0.1) is 11.3 Å². The summed E-state index contributed by atoms with van der Waals surface area (Å²) in [6, 6.07) is 5.20. The highest BCUT2D eigenvalue weighted by Gasteiger charge is 2.12. The largest absolute Gasteiger partial charge is 0.348 e. The fraction of sp³-hybridized carbons (Fsp3) is 0.300. The third-order valence-corrected chi connectivity index (χ3v) is 2.41. The van der Waals surface area contributed by atoms with E-state index in [1.165, 1.54) is 0 Å². The number of nitrogens with one attached hydrogen (secondary N) is 1. The van der Waals surface area contributed by atoms with Gasteiger partial charge in [-0.05, 0) is 35.0 Å². The predicted octanol–water partition coefficient (Wildman–Crippen LogP) is 1.88. The van der Waals surface area contributed by atoms with E-state index in [1.807, 2.05) is 6.07 Å². The SMILES string of the molecule is CC(CC#N)NC(=O)c1cccnc1Br. The van der Waals surface area contributed by atoms with Crippen molar-refractivity contribution < 1.29 is 4.79 Å². The molecule has 0 aliphatic rings. The van der Waals surface area contributed by atoms with Gasteiger partial charge in [0.05, 0.1) is 18.1 Å². The highest BCUT2D eigenvalue weighted by molar-refractivity contribution is 9.10. The first-order valence-corrected chi connectivity index (χ1v) is 5.22. The fourth-order valence-electron chi connectivity index (χ4n) is 1.04. The molecule has 0 aliphatic carbocycles. The third-order valence-electron chi connectivity index (χ3n) is 1.78. The minimum Gasteiger partial charge on any atom is -0.348 e. The molecule has 0 radical (unpaired) electrons. The van der Waals surface area contributed by atoms with Crippen molar-refractivity contribution in [3.8, 4) is 6.07 Å². The number of halogens is 1. The van der Waals surface area contributed by atoms with Crippen molar-refractivity contribution in [2.75, 3.05) is 0 Å². The minimum absolute atomic E-state index is 0.158. The Kier molecular flexibility index (Phi) is 4.25. The van der Waals surface area contributed by atoms with E-state index in [0.29, 0.717) is 16.6 Å². The summed E-state index contributed by atoms with van der Waals surface area (Å²) in [4.78, 5) is 15.6. The number of rotatable bonds is 3. The Morgan fingerprint density at radius 1 is 1.80 bits per heavy atom. The van der Waals surface area contributed by atoms with Crippen LogP contribution in [0.4, 0.5) is 0 Å². The van der Waals surface area contributed by atoms with E-state index >= 15 is 0 Å². The van der Waals surface area contributed by atoms with Gasteiger partial charge in [-0.15, -0.1) is 0 Å². The molecule has 1 unspecified atom stereocenters. The molecule has 5 heteroatoms. The maximum absolute atomic E-state index is 11.7. The molecule has 0 bridgehead atoms. The molecule has 0 aromatic carbocycles. The normalized spacial score (nSPS) is 11.5. The van der Waals surface area contributed by atoms with Gasteiger partial charge < -0.3 is 5.32 Å². The van der Waals surface area contributed by atoms with Crippen molar-refractivity contribution in [3.05, 3.63) is 28.5 Å². The first kappa shape index (κ1) is 11.7. The summed E-state index contributed by atoms with van der Waals surface area (Å²) in [6.07, 6.45) is 1.89. The van der Waals surface area contributed by atoms with Crippen LogP contribution in [0.25, 0.3) is 0 Å². The average molecular weight is 268 g/mol. The van der Waals surface area contributed by atoms with E-state index in [4.69, 9.17) is 5.26 Å². The second-order valence-electron chi connectivity index (χ2n) is 3.08. The standard InChI is InChI=1S/C10H10BrN3O/c1-7(4-5-12)14-10(15)8-3-2-6-13-9(8)11/h2-3,6-7H,4H2,1H3,(H,14,15). The summed E-state index contributed by atoms with van der Waals surface area (Å²) >= 11 is 3.19. The van der Waals surface area contributed by atoms with E-state index in [-0.39, 0.29) is 11.9 Å². The molecule has 0 saturated heterocycles. The van der Waals surface area contributed by atoms with Crippen LogP contribution in [0.2, 0.25) is 0 Å². The Morgan fingerprint density at radius 3 is 3.13 bits per heavy atom. The molecule has 0 spiro atoms. The first-order chi connectivity index (χ1) is 7.15. The van der Waals surface area contributed by atoms with Crippen LogP contribution >= 0.6 is 15.9 Å². The summed E-state index contributed by atoms with van der Waals surface area (Å²) < 4.78 is 0.506. The van der Waals surface area contributed by atoms with Crippen LogP contribution in [0.3, 0.4) is 0 Å². The van der Waals surface area contributed by atoms with Crippen molar-refractivity contribution in [2.24, 2.45) is 0 Å². The number of hydrogen-bond acceptors (Lipinski definition) is 3. The molecule has 0 saturated carbocycles. The van der Waals surface area contributed by atoms with Crippen molar-refractivity contribution >= 4 is 21.8 Å². The van der Waals surface area contributed by atoms with Gasteiger partial charge in [0.2, 0.25) is 0 Å². The van der Waals surface area contributed by atoms with Gasteiger partial charge in [0.1, 0.15) is 4.60 Å². The molecule has 4 nitrogen and oxygen atoms in total. The molecule has 15 heavy (non-hydrogen) atoms. The number of carbonyl (C=O) groups is 1. The summed E-state index contributed by atoms with van der Waals surface area (Å²) in [5.41, 5.74) is 0.474. The Morgan fingerprint density at radius 2 is 2.53 bits per heavy atom. The van der Waals surface area contributed by atoms with Crippen molar-refractivity contribution in [1.82, 2.24) is 10.3 Å². The van der Waals surface area contributed by atoms with E-state index in [9.17, 15) is 4.79 Å². The highest BCUT2D eigenvalue weighted by atomic mass is 79.9. The molecule has 1 heterocycles. The quantitative estimate of drug-likeness (QED) is 0.851. The Bertz CT molecular complexity index is 400. The van der Waals surface area contributed by atoms with Crippen LogP contribution in [0.5, 0.6) is 0 Å². The molecule has 0 fully saturated rings. The van der Waals surface area contributed by atoms with Gasteiger partial charge in [0.15, 0.2) is 0 Å². The summed E-state index contributed by atoms with van der Waals surface area (Å²) in [7, 11) is 0. The number of amides is 1. The lowest BCUT2D eigenvalue weighted by Crippen LogP contribution is -2.32. The first-order valence-electron chi connectivity index (χ1n) is 4.43. The van der Waals surface area contributed by atoms with E-state index < -0.39 is 0 Å². The molecule has 1 rings (SSSR count). The number of nitrogens with zero attached hydrogens (tertiary/aromatic N) is 2. The fourth-order valence-corrected chi connectivity index (χ4v) is 1.48. The molecule has 1 aromatic heterocycles. The molecule has 1 atom stereocenters. The zero-order valence-electron chi connectivity index (χ0n) is 8.20. The lowest BCUT2D eigenvalue weighted by Gasteiger charge is -2.10. The van der Waals surface area contributed by atoms with Crippen molar-refractivity contribution in [1.29, 1.82) is 5.26 Å². The molecular weight excluding hydrogens is 258 g/mol. The van der Waals surface area contributed by atoms with Crippen LogP contribution < -0.4 is 5.32 Å². The zero-order valence-corrected chi connectivity index (χ0v) is 9.78. The van der Waals surface area contributed by atoms with Gasteiger partial charge in [-0.2, -0.15) is 5.26 Å². The average Bonchev–Trinajstić information content (AvgIpc) is 2.18. The van der Waals surface area contributed by atoms with E-state index in [2.05, 4.69) is 26.2 Å². The molecule has 1 N–H and O–H groups in total. The second-order valence-corrected chi connectivity index (χ2v) is 3.83. The van der Waals surface area contributed by atoms with Gasteiger partial charge in [-0.1, -0.05) is 0 Å². The van der Waals surface area contributed by atoms with Crippen LogP contribution in [0.15, 0.2) is 22.9 Å². The zero-order chi connectivity index (χ0) is 11.3. The molecule has 0 aliphatic heterocycles. The van der Waals surface area contributed by atoms with Gasteiger partial charge >= 0.3 is 0 Å². The smallest absolute Gasteiger partial charge is 0.254 e. The molecular formula is C10H10BrN3O. The molecule has 1 aromatic rings. The summed E-state index contributed by atoms with van der Waals surface area (Å²) in [6.45, 7) is 1.78. The Balaban J connectivity index is 2.70. The lowest BCUT2D eigenvalue weighted by molar-refractivity contribution is 0.0939. The van der Waals surface area contributed by atoms with Gasteiger partial charge in [0, 0.05) is 12.2 Å². The van der Waals surface area contributed by atoms with Crippen LogP contribution in [-0.4, -0.2) is 16.9 Å². The van der Waals surface area contributed by atoms with Crippen molar-refractivity contribution in [3.63, 3.8) is 0 Å². The number of aromatic nitrogens is 1. The number of pyridine rings is 1. The third kappa shape index (κ3) is 3.33. The molecule has 1 amide bonds. The number of carbonyl (C=O) groups excluding carboxylic acids is 1. The monoisotopic (exact) mass is 267 g/mol. The lowest BCUT2D eigenvalue weighted by atomic mass is 10.2. The van der Waals surface area contributed by atoms with E-state index in [1.54, 1.807) is 25.3 Å². The predicted molar refractivity (Wildman–Crippen MR) is 59.1 cm³/mol. The van der Waals surface area contributed by atoms with Gasteiger partial charge in [0.25, 0.3) is 5.91 Å². The van der Waals surface area contributed by atoms with Crippen LogP contribution in [-0.2, 0) is 0 Å². The Hall–Kier alpha value is -1.41. The van der Waals surface area contributed by atoms with Crippen molar-refractivity contribution in [2.45, 2.75) is 19.4 Å². The summed E-state index contributed by atoms with van der Waals surface area (Å²) in [5.74, 6) is -0.224. The highest BCUT2D eigenvalue weighted by Crippen LogP contribution is 2.12. The van der Waals surface area contributed by atoms with Crippen LogP contribution in [0.1, 0.15) is 23.7 Å². The topological polar surface area (TPSA) is 65.8 Å².